The number of carbonyl (C=O) groups is 2. The minimum Gasteiger partial charge on any atom is -0.505 e. The summed E-state index contributed by atoms with van der Waals surface area (Å²) >= 11 is 0. The Hall–Kier alpha value is -3.49. The Bertz CT molecular complexity index is 1320. The van der Waals surface area contributed by atoms with E-state index in [9.17, 15) is 14.7 Å². The van der Waals surface area contributed by atoms with Crippen LogP contribution in [0, 0.1) is 6.92 Å². The highest BCUT2D eigenvalue weighted by Crippen LogP contribution is 2.40. The number of ketones is 1. The van der Waals surface area contributed by atoms with E-state index in [1.54, 1.807) is 22.4 Å². The second kappa shape index (κ2) is 9.87. The normalized spacial score (nSPS) is 20.7. The quantitative estimate of drug-likeness (QED) is 0.325. The van der Waals surface area contributed by atoms with Crippen molar-refractivity contribution in [3.8, 4) is 0 Å². The molecule has 8 nitrogen and oxygen atoms in total. The largest absolute Gasteiger partial charge is 0.505 e. The number of imidazole rings is 1. The number of aliphatic hydroxyl groups excluding tert-OH is 1. The van der Waals surface area contributed by atoms with Crippen LogP contribution in [0.2, 0.25) is 0 Å². The molecule has 2 saturated heterocycles. The van der Waals surface area contributed by atoms with Crippen molar-refractivity contribution in [3.63, 3.8) is 0 Å². The minimum atomic E-state index is -0.680. The third-order valence-corrected chi connectivity index (χ3v) is 7.15. The van der Waals surface area contributed by atoms with Crippen molar-refractivity contribution < 1.29 is 19.4 Å². The van der Waals surface area contributed by atoms with Crippen LogP contribution >= 0.6 is 0 Å². The van der Waals surface area contributed by atoms with E-state index in [4.69, 9.17) is 4.74 Å². The Morgan fingerprint density at radius 2 is 1.81 bits per heavy atom. The molecule has 5 rings (SSSR count). The summed E-state index contributed by atoms with van der Waals surface area (Å²) in [5.41, 5.74) is 3.76. The number of nitrogens with zero attached hydrogens (tertiary/aromatic N) is 4. The number of morpholine rings is 1. The van der Waals surface area contributed by atoms with Gasteiger partial charge in [-0.15, -0.1) is 0 Å². The van der Waals surface area contributed by atoms with Gasteiger partial charge in [-0.25, -0.2) is 4.98 Å². The third kappa shape index (κ3) is 4.31. The van der Waals surface area contributed by atoms with Crippen molar-refractivity contribution in [2.45, 2.75) is 32.7 Å². The number of fused-ring (bicyclic) bond motifs is 1. The minimum absolute atomic E-state index is 0.105. The summed E-state index contributed by atoms with van der Waals surface area (Å²) in [6.45, 7) is 9.95. The lowest BCUT2D eigenvalue weighted by Crippen LogP contribution is -2.42. The second-order valence-corrected chi connectivity index (χ2v) is 9.74. The summed E-state index contributed by atoms with van der Waals surface area (Å²) < 4.78 is 7.20. The van der Waals surface area contributed by atoms with Crippen LogP contribution in [0.25, 0.3) is 11.4 Å². The Balaban J connectivity index is 1.60. The van der Waals surface area contributed by atoms with E-state index in [0.29, 0.717) is 49.3 Å². The molecule has 2 aromatic heterocycles. The molecule has 0 unspecified atom stereocenters. The molecule has 3 aromatic rings. The molecular weight excluding hydrogens is 456 g/mol. The fourth-order valence-electron chi connectivity index (χ4n) is 5.12. The van der Waals surface area contributed by atoms with Crippen molar-refractivity contribution in [3.05, 3.63) is 76.7 Å². The number of amides is 1. The van der Waals surface area contributed by atoms with Crippen LogP contribution in [0.1, 0.15) is 48.3 Å². The Morgan fingerprint density at radius 1 is 1.08 bits per heavy atom. The monoisotopic (exact) mass is 488 g/mol. The van der Waals surface area contributed by atoms with E-state index >= 15 is 0 Å². The highest BCUT2D eigenvalue weighted by Gasteiger charge is 2.46. The van der Waals surface area contributed by atoms with Gasteiger partial charge in [0.15, 0.2) is 5.76 Å². The predicted octanol–water partition coefficient (Wildman–Crippen LogP) is 3.52. The maximum absolute atomic E-state index is 13.4. The Labute approximate surface area is 210 Å². The highest BCUT2D eigenvalue weighted by atomic mass is 16.5. The summed E-state index contributed by atoms with van der Waals surface area (Å²) in [7, 11) is 0. The van der Waals surface area contributed by atoms with Crippen molar-refractivity contribution in [2.75, 3.05) is 39.4 Å². The summed E-state index contributed by atoms with van der Waals surface area (Å²) in [6, 6.07) is 12.8. The molecule has 1 N–H and O–H groups in total. The number of aliphatic hydroxyl groups is 1. The lowest BCUT2D eigenvalue weighted by atomic mass is 9.94. The van der Waals surface area contributed by atoms with E-state index < -0.39 is 17.7 Å². The molecule has 0 aliphatic carbocycles. The van der Waals surface area contributed by atoms with Crippen LogP contribution in [0.5, 0.6) is 0 Å². The topological polar surface area (TPSA) is 87.4 Å². The van der Waals surface area contributed by atoms with Crippen molar-refractivity contribution >= 4 is 23.1 Å². The van der Waals surface area contributed by atoms with Gasteiger partial charge in [0.05, 0.1) is 30.5 Å². The number of Topliss-reactive ketones (excluding diaryl/α,β-unsaturated/α-hetero) is 1. The van der Waals surface area contributed by atoms with Gasteiger partial charge in [0.1, 0.15) is 11.3 Å². The first-order chi connectivity index (χ1) is 17.4. The number of aryl methyl sites for hydroxylation is 1. The average Bonchev–Trinajstić information content (AvgIpc) is 3.35. The van der Waals surface area contributed by atoms with Gasteiger partial charge >= 0.3 is 0 Å². The zero-order valence-electron chi connectivity index (χ0n) is 21.0. The molecule has 4 heterocycles. The van der Waals surface area contributed by atoms with E-state index in [1.807, 2.05) is 42.5 Å². The molecule has 2 aliphatic rings. The molecule has 2 fully saturated rings. The fraction of sp³-hybridized carbons (Fsp3) is 0.393. The van der Waals surface area contributed by atoms with Gasteiger partial charge in [-0.2, -0.15) is 0 Å². The maximum Gasteiger partial charge on any atom is 0.295 e. The zero-order valence-corrected chi connectivity index (χ0v) is 21.0. The van der Waals surface area contributed by atoms with Crippen molar-refractivity contribution in [2.24, 2.45) is 0 Å². The molecule has 2 aliphatic heterocycles. The van der Waals surface area contributed by atoms with Crippen LogP contribution in [0.3, 0.4) is 0 Å². The number of hydrogen-bond donors (Lipinski definition) is 1. The predicted molar refractivity (Wildman–Crippen MR) is 137 cm³/mol. The average molecular weight is 489 g/mol. The molecule has 0 bridgehead atoms. The smallest absolute Gasteiger partial charge is 0.295 e. The first-order valence-corrected chi connectivity index (χ1v) is 12.5. The Kier molecular flexibility index (Phi) is 6.64. The first kappa shape index (κ1) is 24.2. The number of aromatic nitrogens is 2. The summed E-state index contributed by atoms with van der Waals surface area (Å²) in [5.74, 6) is -1.10. The van der Waals surface area contributed by atoms with Crippen LogP contribution < -0.4 is 0 Å². The molecule has 8 heteroatoms. The van der Waals surface area contributed by atoms with E-state index in [0.717, 1.165) is 18.7 Å². The zero-order chi connectivity index (χ0) is 25.4. The van der Waals surface area contributed by atoms with Crippen LogP contribution in [0.4, 0.5) is 0 Å². The standard InChI is InChI=1S/C28H32N4O4/c1-18(2)20-7-9-21(10-8-20)25-23(26(33)24-19(3)29-22-6-4-5-11-31(22)24)27(34)28(35)32(25)13-12-30-14-16-36-17-15-30/h4-11,18,25,33H,12-17H2,1-3H3/b26-23+/t25-/m1/s1. The number of rotatable bonds is 6. The SMILES string of the molecule is Cc1nc2ccccn2c1/C(O)=C1\C(=O)C(=O)N(CCN2CCOCC2)[C@@H]1c1ccc(C(C)C)cc1. The van der Waals surface area contributed by atoms with Gasteiger partial charge in [-0.3, -0.25) is 18.9 Å². The summed E-state index contributed by atoms with van der Waals surface area (Å²) in [5, 5.41) is 11.6. The van der Waals surface area contributed by atoms with Gasteiger partial charge in [-0.05, 0) is 36.1 Å². The highest BCUT2D eigenvalue weighted by molar-refractivity contribution is 6.46. The molecule has 1 aromatic carbocycles. The fourth-order valence-corrected chi connectivity index (χ4v) is 5.12. The third-order valence-electron chi connectivity index (χ3n) is 7.15. The van der Waals surface area contributed by atoms with Crippen molar-refractivity contribution in [1.29, 1.82) is 0 Å². The number of likely N-dealkylation sites (tertiary alicyclic amines) is 1. The molecule has 0 radical (unpaired) electrons. The number of hydrogen-bond acceptors (Lipinski definition) is 6. The number of pyridine rings is 1. The van der Waals surface area contributed by atoms with Gasteiger partial charge in [-0.1, -0.05) is 44.2 Å². The van der Waals surface area contributed by atoms with Gasteiger partial charge in [0, 0.05) is 32.4 Å². The molecule has 1 amide bonds. The van der Waals surface area contributed by atoms with Crippen molar-refractivity contribution in [1.82, 2.24) is 19.2 Å². The van der Waals surface area contributed by atoms with E-state index in [2.05, 4.69) is 23.7 Å². The molecule has 0 spiro atoms. The summed E-state index contributed by atoms with van der Waals surface area (Å²) in [4.78, 5) is 35.1. The second-order valence-electron chi connectivity index (χ2n) is 9.74. The van der Waals surface area contributed by atoms with Gasteiger partial charge in [0.25, 0.3) is 11.7 Å². The number of benzene rings is 1. The van der Waals surface area contributed by atoms with Crippen LogP contribution in [-0.2, 0) is 14.3 Å². The molecule has 36 heavy (non-hydrogen) atoms. The van der Waals surface area contributed by atoms with Crippen LogP contribution in [-0.4, -0.2) is 75.4 Å². The molecule has 0 saturated carbocycles. The number of ether oxygens (including phenoxy) is 1. The molecular formula is C28H32N4O4. The van der Waals surface area contributed by atoms with Gasteiger partial charge < -0.3 is 14.7 Å². The molecule has 1 atom stereocenters. The maximum atomic E-state index is 13.4. The summed E-state index contributed by atoms with van der Waals surface area (Å²) in [6.07, 6.45) is 1.80. The van der Waals surface area contributed by atoms with Crippen LogP contribution in [0.15, 0.2) is 54.2 Å². The first-order valence-electron chi connectivity index (χ1n) is 12.5. The Morgan fingerprint density at radius 3 is 2.50 bits per heavy atom. The van der Waals surface area contributed by atoms with E-state index in [1.165, 1.54) is 5.56 Å². The lowest BCUT2D eigenvalue weighted by Gasteiger charge is -2.31. The number of carbonyl (C=O) groups excluding carboxylic acids is 2. The molecule has 188 valence electrons. The van der Waals surface area contributed by atoms with Gasteiger partial charge in [0.2, 0.25) is 0 Å². The van der Waals surface area contributed by atoms with E-state index in [-0.39, 0.29) is 11.3 Å². The lowest BCUT2D eigenvalue weighted by molar-refractivity contribution is -0.140.